The molecular formula is C26H27O3P. The second kappa shape index (κ2) is 8.16. The number of benzene rings is 3. The summed E-state index contributed by atoms with van der Waals surface area (Å²) in [6, 6.07) is 15.8. The van der Waals surface area contributed by atoms with Gasteiger partial charge < -0.3 is 4.57 Å². The Kier molecular flexibility index (Phi) is 5.97. The molecule has 0 saturated heterocycles. The highest BCUT2D eigenvalue weighted by atomic mass is 31.2. The first-order valence-electron chi connectivity index (χ1n) is 9.98. The predicted molar refractivity (Wildman–Crippen MR) is 124 cm³/mol. The minimum Gasteiger partial charge on any atom is -0.302 e. The SMILES string of the molecule is Cc1cc(C)c(C(=O)P(=O)(C(=O)c2cc(C)c(C)cc2C)c2ccccc2)cc1C. The maximum absolute atomic E-state index is 14.4. The maximum atomic E-state index is 14.4. The number of carbonyl (C=O) groups excluding carboxylic acids is 2. The molecule has 3 aromatic rings. The molecule has 3 rings (SSSR count). The summed E-state index contributed by atoms with van der Waals surface area (Å²) in [7, 11) is -4.10. The Morgan fingerprint density at radius 3 is 1.33 bits per heavy atom. The van der Waals surface area contributed by atoms with Gasteiger partial charge in [0.15, 0.2) is 0 Å². The molecule has 0 saturated carbocycles. The van der Waals surface area contributed by atoms with E-state index in [1.807, 2.05) is 53.7 Å². The highest BCUT2D eigenvalue weighted by Gasteiger charge is 2.43. The zero-order valence-corrected chi connectivity index (χ0v) is 19.3. The Hall–Kier alpha value is -2.77. The Morgan fingerprint density at radius 2 is 0.933 bits per heavy atom. The van der Waals surface area contributed by atoms with E-state index in [0.717, 1.165) is 33.4 Å². The lowest BCUT2D eigenvalue weighted by Crippen LogP contribution is -2.22. The average molecular weight is 418 g/mol. The lowest BCUT2D eigenvalue weighted by atomic mass is 10.0. The van der Waals surface area contributed by atoms with Crippen molar-refractivity contribution < 1.29 is 14.2 Å². The second-order valence-electron chi connectivity index (χ2n) is 8.06. The molecule has 0 spiro atoms. The Balaban J connectivity index is 2.28. The fourth-order valence-corrected chi connectivity index (χ4v) is 6.09. The third kappa shape index (κ3) is 3.70. The van der Waals surface area contributed by atoms with E-state index in [0.29, 0.717) is 11.1 Å². The van der Waals surface area contributed by atoms with Crippen LogP contribution in [0.3, 0.4) is 0 Å². The van der Waals surface area contributed by atoms with Gasteiger partial charge in [-0.2, -0.15) is 0 Å². The summed E-state index contributed by atoms with van der Waals surface area (Å²) >= 11 is 0. The highest BCUT2D eigenvalue weighted by molar-refractivity contribution is 8.01. The van der Waals surface area contributed by atoms with E-state index in [1.165, 1.54) is 0 Å². The van der Waals surface area contributed by atoms with Crippen LogP contribution in [0.15, 0.2) is 54.6 Å². The molecule has 0 amide bonds. The summed E-state index contributed by atoms with van der Waals surface area (Å²) in [5.41, 5.74) is 4.91. The smallest absolute Gasteiger partial charge is 0.248 e. The minimum atomic E-state index is -4.10. The van der Waals surface area contributed by atoms with Crippen molar-refractivity contribution in [3.05, 3.63) is 99.1 Å². The first-order chi connectivity index (χ1) is 14.1. The zero-order valence-electron chi connectivity index (χ0n) is 18.4. The van der Waals surface area contributed by atoms with Gasteiger partial charge in [-0.25, -0.2) is 0 Å². The molecule has 0 aliphatic rings. The molecule has 0 fully saturated rings. The number of hydrogen-bond donors (Lipinski definition) is 0. The van der Waals surface area contributed by atoms with Gasteiger partial charge in [-0.1, -0.05) is 42.5 Å². The molecule has 0 atom stereocenters. The Labute approximate surface area is 178 Å². The van der Waals surface area contributed by atoms with Crippen LogP contribution in [0.2, 0.25) is 0 Å². The molecule has 0 bridgehead atoms. The molecule has 0 heterocycles. The molecule has 4 heteroatoms. The van der Waals surface area contributed by atoms with Crippen LogP contribution in [-0.4, -0.2) is 11.0 Å². The highest BCUT2D eigenvalue weighted by Crippen LogP contribution is 2.52. The van der Waals surface area contributed by atoms with Crippen molar-refractivity contribution in [3.8, 4) is 0 Å². The molecule has 0 aromatic heterocycles. The first kappa shape index (κ1) is 21.9. The first-order valence-corrected chi connectivity index (χ1v) is 11.7. The summed E-state index contributed by atoms with van der Waals surface area (Å²) in [6.07, 6.45) is 0. The van der Waals surface area contributed by atoms with E-state index in [2.05, 4.69) is 0 Å². The fourth-order valence-electron chi connectivity index (χ4n) is 3.69. The van der Waals surface area contributed by atoms with Crippen molar-refractivity contribution in [2.24, 2.45) is 0 Å². The normalized spacial score (nSPS) is 11.4. The van der Waals surface area contributed by atoms with Crippen LogP contribution in [0.25, 0.3) is 0 Å². The third-order valence-electron chi connectivity index (χ3n) is 5.83. The van der Waals surface area contributed by atoms with Crippen molar-refractivity contribution in [2.45, 2.75) is 41.5 Å². The molecule has 154 valence electrons. The van der Waals surface area contributed by atoms with E-state index < -0.39 is 18.2 Å². The Morgan fingerprint density at radius 1 is 0.567 bits per heavy atom. The molecule has 0 radical (unpaired) electrons. The van der Waals surface area contributed by atoms with Gasteiger partial charge in [0, 0.05) is 16.4 Å². The van der Waals surface area contributed by atoms with Crippen molar-refractivity contribution in [2.75, 3.05) is 0 Å². The van der Waals surface area contributed by atoms with Crippen molar-refractivity contribution in [1.82, 2.24) is 0 Å². The van der Waals surface area contributed by atoms with Crippen LogP contribution in [0.1, 0.15) is 54.1 Å². The molecule has 3 aromatic carbocycles. The summed E-state index contributed by atoms with van der Waals surface area (Å²) < 4.78 is 14.4. The van der Waals surface area contributed by atoms with Gasteiger partial charge >= 0.3 is 0 Å². The van der Waals surface area contributed by atoms with Crippen molar-refractivity contribution in [3.63, 3.8) is 0 Å². The van der Waals surface area contributed by atoms with E-state index in [4.69, 9.17) is 0 Å². The summed E-state index contributed by atoms with van der Waals surface area (Å²) in [4.78, 5) is 27.5. The topological polar surface area (TPSA) is 51.2 Å². The van der Waals surface area contributed by atoms with Gasteiger partial charge in [-0.3, -0.25) is 9.59 Å². The molecule has 0 aliphatic carbocycles. The summed E-state index contributed by atoms with van der Waals surface area (Å²) in [5.74, 6) is 0. The van der Waals surface area contributed by atoms with Crippen LogP contribution in [0.4, 0.5) is 0 Å². The van der Waals surface area contributed by atoms with Gasteiger partial charge in [0.25, 0.3) is 0 Å². The van der Waals surface area contributed by atoms with Crippen LogP contribution < -0.4 is 5.30 Å². The van der Waals surface area contributed by atoms with Gasteiger partial charge in [0.05, 0.1) is 0 Å². The lowest BCUT2D eigenvalue weighted by Gasteiger charge is -2.20. The van der Waals surface area contributed by atoms with Gasteiger partial charge in [-0.05, 0) is 87.1 Å². The number of hydrogen-bond acceptors (Lipinski definition) is 3. The molecule has 0 N–H and O–H groups in total. The molecular weight excluding hydrogens is 391 g/mol. The third-order valence-corrected chi connectivity index (χ3v) is 8.49. The zero-order chi connectivity index (χ0) is 22.2. The van der Waals surface area contributed by atoms with E-state index in [9.17, 15) is 14.2 Å². The quantitative estimate of drug-likeness (QED) is 0.463. The van der Waals surface area contributed by atoms with Gasteiger partial charge in [0.1, 0.15) is 0 Å². The summed E-state index contributed by atoms with van der Waals surface area (Å²) in [6.45, 7) is 11.4. The van der Waals surface area contributed by atoms with Crippen molar-refractivity contribution >= 4 is 23.5 Å². The van der Waals surface area contributed by atoms with E-state index in [1.54, 1.807) is 42.5 Å². The average Bonchev–Trinajstić information content (AvgIpc) is 2.72. The predicted octanol–water partition coefficient (Wildman–Crippen LogP) is 6.21. The Bertz CT molecular complexity index is 1130. The largest absolute Gasteiger partial charge is 0.302 e. The van der Waals surface area contributed by atoms with E-state index >= 15 is 0 Å². The summed E-state index contributed by atoms with van der Waals surface area (Å²) in [5, 5.41) is 0.273. The van der Waals surface area contributed by atoms with Crippen molar-refractivity contribution in [1.29, 1.82) is 0 Å². The molecule has 3 nitrogen and oxygen atoms in total. The molecule has 0 aliphatic heterocycles. The maximum Gasteiger partial charge on any atom is 0.248 e. The molecule has 30 heavy (non-hydrogen) atoms. The van der Waals surface area contributed by atoms with Crippen LogP contribution in [0.5, 0.6) is 0 Å². The standard InChI is InChI=1S/C26H27O3P/c1-16-12-20(5)23(14-18(16)3)25(27)30(29,22-10-8-7-9-11-22)26(28)24-15-19(4)17(2)13-21(24)6/h7-15H,1-6H3. The van der Waals surface area contributed by atoms with Gasteiger partial charge in [-0.15, -0.1) is 0 Å². The second-order valence-corrected chi connectivity index (χ2v) is 10.6. The van der Waals surface area contributed by atoms with E-state index in [-0.39, 0.29) is 5.30 Å². The fraction of sp³-hybridized carbons (Fsp3) is 0.231. The lowest BCUT2D eigenvalue weighted by molar-refractivity contribution is 0.104. The number of carbonyl (C=O) groups is 2. The number of rotatable bonds is 5. The van der Waals surface area contributed by atoms with Gasteiger partial charge in [0.2, 0.25) is 18.2 Å². The van der Waals surface area contributed by atoms with Crippen LogP contribution >= 0.6 is 7.14 Å². The minimum absolute atomic E-state index is 0.273. The van der Waals surface area contributed by atoms with Crippen LogP contribution in [0, 0.1) is 41.5 Å². The monoisotopic (exact) mass is 418 g/mol. The van der Waals surface area contributed by atoms with Crippen LogP contribution in [-0.2, 0) is 4.57 Å². The molecule has 0 unspecified atom stereocenters. The number of aryl methyl sites for hydroxylation is 6.